The zero-order chi connectivity index (χ0) is 19.6. The Hall–Kier alpha value is -2.81. The first-order valence-electron chi connectivity index (χ1n) is 8.82. The van der Waals surface area contributed by atoms with Crippen LogP contribution in [0.25, 0.3) is 0 Å². The highest BCUT2D eigenvalue weighted by molar-refractivity contribution is 6.23. The standard InChI is InChI=1S/C18H21FN4O4/c1-20-16(25)14(3-2-8-24)23-17(26)11-9-13(19)15(10-12(11)18(23)27)22-6-4-21-5-7-22/h8-10,14,21H,2-7H2,1H3,(H,20,25). The number of amides is 3. The molecule has 1 saturated heterocycles. The Morgan fingerprint density at radius 3 is 2.48 bits per heavy atom. The molecule has 0 radical (unpaired) electrons. The highest BCUT2D eigenvalue weighted by Gasteiger charge is 2.43. The van der Waals surface area contributed by atoms with Gasteiger partial charge in [-0.1, -0.05) is 0 Å². The molecular weight excluding hydrogens is 355 g/mol. The van der Waals surface area contributed by atoms with Crippen molar-refractivity contribution in [1.82, 2.24) is 15.5 Å². The van der Waals surface area contributed by atoms with Crippen LogP contribution < -0.4 is 15.5 Å². The summed E-state index contributed by atoms with van der Waals surface area (Å²) in [5.41, 5.74) is 0.286. The molecule has 2 heterocycles. The van der Waals surface area contributed by atoms with Gasteiger partial charge in [0.05, 0.1) is 16.8 Å². The average Bonchev–Trinajstić information content (AvgIpc) is 2.92. The molecule has 3 rings (SSSR count). The highest BCUT2D eigenvalue weighted by Crippen LogP contribution is 2.32. The van der Waals surface area contributed by atoms with Crippen LogP contribution in [0.15, 0.2) is 12.1 Å². The van der Waals surface area contributed by atoms with Crippen molar-refractivity contribution in [2.24, 2.45) is 0 Å². The number of piperazine rings is 1. The van der Waals surface area contributed by atoms with Gasteiger partial charge < -0.3 is 20.3 Å². The first kappa shape index (κ1) is 19.0. The predicted octanol–water partition coefficient (Wildman–Crippen LogP) is -0.0750. The van der Waals surface area contributed by atoms with E-state index in [0.29, 0.717) is 32.5 Å². The van der Waals surface area contributed by atoms with Crippen molar-refractivity contribution in [3.05, 3.63) is 29.1 Å². The maximum absolute atomic E-state index is 14.6. The third kappa shape index (κ3) is 3.42. The third-order valence-electron chi connectivity index (χ3n) is 4.86. The fourth-order valence-electron chi connectivity index (χ4n) is 3.47. The zero-order valence-electron chi connectivity index (χ0n) is 15.0. The Morgan fingerprint density at radius 1 is 1.26 bits per heavy atom. The molecule has 2 N–H and O–H groups in total. The minimum atomic E-state index is -1.11. The number of likely N-dealkylation sites (N-methyl/N-ethyl adjacent to an activating group) is 1. The number of hydrogen-bond acceptors (Lipinski definition) is 6. The van der Waals surface area contributed by atoms with Gasteiger partial charge in [-0.3, -0.25) is 19.3 Å². The molecule has 0 aliphatic carbocycles. The summed E-state index contributed by atoms with van der Waals surface area (Å²) in [5, 5.41) is 5.57. The largest absolute Gasteiger partial charge is 0.367 e. The van der Waals surface area contributed by atoms with E-state index in [1.807, 2.05) is 4.90 Å². The number of carbonyl (C=O) groups excluding carboxylic acids is 4. The van der Waals surface area contributed by atoms with E-state index < -0.39 is 29.6 Å². The fourth-order valence-corrected chi connectivity index (χ4v) is 3.47. The van der Waals surface area contributed by atoms with Crippen LogP contribution in [0.2, 0.25) is 0 Å². The second kappa shape index (κ2) is 7.83. The Bertz CT molecular complexity index is 792. The quantitative estimate of drug-likeness (QED) is 0.533. The monoisotopic (exact) mass is 376 g/mol. The SMILES string of the molecule is CNC(=O)C(CCC=O)N1C(=O)c2cc(F)c(N3CCNCC3)cc2C1=O. The predicted molar refractivity (Wildman–Crippen MR) is 95.1 cm³/mol. The number of imide groups is 1. The van der Waals surface area contributed by atoms with Crippen LogP contribution in [0.1, 0.15) is 33.6 Å². The molecule has 2 aliphatic rings. The highest BCUT2D eigenvalue weighted by atomic mass is 19.1. The summed E-state index contributed by atoms with van der Waals surface area (Å²) >= 11 is 0. The van der Waals surface area contributed by atoms with E-state index in [1.165, 1.54) is 13.1 Å². The van der Waals surface area contributed by atoms with Gasteiger partial charge in [-0.2, -0.15) is 0 Å². The summed E-state index contributed by atoms with van der Waals surface area (Å²) in [6.45, 7) is 2.56. The third-order valence-corrected chi connectivity index (χ3v) is 4.86. The Kier molecular flexibility index (Phi) is 5.50. The maximum Gasteiger partial charge on any atom is 0.262 e. The van der Waals surface area contributed by atoms with Gasteiger partial charge in [-0.15, -0.1) is 0 Å². The van der Waals surface area contributed by atoms with Crippen LogP contribution in [-0.4, -0.2) is 68.2 Å². The van der Waals surface area contributed by atoms with Crippen molar-refractivity contribution in [1.29, 1.82) is 0 Å². The van der Waals surface area contributed by atoms with Crippen molar-refractivity contribution >= 4 is 29.7 Å². The number of fused-ring (bicyclic) bond motifs is 1. The molecule has 1 atom stereocenters. The lowest BCUT2D eigenvalue weighted by molar-refractivity contribution is -0.124. The normalized spacial score (nSPS) is 17.7. The number of hydrogen-bond donors (Lipinski definition) is 2. The maximum atomic E-state index is 14.6. The van der Waals surface area contributed by atoms with E-state index in [9.17, 15) is 23.6 Å². The van der Waals surface area contributed by atoms with Crippen molar-refractivity contribution in [2.45, 2.75) is 18.9 Å². The Balaban J connectivity index is 1.96. The van der Waals surface area contributed by atoms with Crippen molar-refractivity contribution in [3.8, 4) is 0 Å². The van der Waals surface area contributed by atoms with Crippen LogP contribution in [0.4, 0.5) is 10.1 Å². The van der Waals surface area contributed by atoms with E-state index in [0.717, 1.165) is 11.0 Å². The van der Waals surface area contributed by atoms with Gasteiger partial charge in [0.25, 0.3) is 11.8 Å². The molecule has 1 fully saturated rings. The number of benzene rings is 1. The summed E-state index contributed by atoms with van der Waals surface area (Å²) in [6.07, 6.45) is 0.657. The van der Waals surface area contributed by atoms with Crippen LogP contribution in [0.5, 0.6) is 0 Å². The molecule has 3 amide bonds. The molecular formula is C18H21FN4O4. The number of nitrogens with one attached hydrogen (secondary N) is 2. The molecule has 2 aliphatic heterocycles. The summed E-state index contributed by atoms with van der Waals surface area (Å²) < 4.78 is 14.6. The fraction of sp³-hybridized carbons (Fsp3) is 0.444. The van der Waals surface area contributed by atoms with E-state index in [1.54, 1.807) is 0 Å². The van der Waals surface area contributed by atoms with Gasteiger partial charge >= 0.3 is 0 Å². The van der Waals surface area contributed by atoms with Gasteiger partial charge in [-0.05, 0) is 18.6 Å². The second-order valence-electron chi connectivity index (χ2n) is 6.44. The number of nitrogens with zero attached hydrogens (tertiary/aromatic N) is 2. The summed E-state index contributed by atoms with van der Waals surface area (Å²) in [4.78, 5) is 51.1. The molecule has 0 aromatic heterocycles. The molecule has 8 nitrogen and oxygen atoms in total. The van der Waals surface area contributed by atoms with Crippen molar-refractivity contribution in [3.63, 3.8) is 0 Å². The average molecular weight is 376 g/mol. The topological polar surface area (TPSA) is 98.8 Å². The van der Waals surface area contributed by atoms with Crippen LogP contribution in [-0.2, 0) is 9.59 Å². The lowest BCUT2D eigenvalue weighted by Gasteiger charge is -2.29. The van der Waals surface area contributed by atoms with E-state index in [-0.39, 0.29) is 29.7 Å². The second-order valence-corrected chi connectivity index (χ2v) is 6.44. The molecule has 1 unspecified atom stereocenters. The van der Waals surface area contributed by atoms with E-state index >= 15 is 0 Å². The molecule has 1 aromatic rings. The molecule has 1 aromatic carbocycles. The Labute approximate surface area is 155 Å². The first-order valence-corrected chi connectivity index (χ1v) is 8.82. The van der Waals surface area contributed by atoms with Crippen LogP contribution in [0.3, 0.4) is 0 Å². The summed E-state index contributed by atoms with van der Waals surface area (Å²) in [5.74, 6) is -2.50. The molecule has 9 heteroatoms. The smallest absolute Gasteiger partial charge is 0.262 e. The number of anilines is 1. The van der Waals surface area contributed by atoms with Gasteiger partial charge in [0.15, 0.2) is 0 Å². The van der Waals surface area contributed by atoms with E-state index in [2.05, 4.69) is 10.6 Å². The number of halogens is 1. The van der Waals surface area contributed by atoms with Crippen LogP contribution >= 0.6 is 0 Å². The van der Waals surface area contributed by atoms with Crippen molar-refractivity contribution < 1.29 is 23.6 Å². The lowest BCUT2D eigenvalue weighted by atomic mass is 10.1. The summed E-state index contributed by atoms with van der Waals surface area (Å²) in [6, 6.07) is 1.34. The number of aldehydes is 1. The Morgan fingerprint density at radius 2 is 1.89 bits per heavy atom. The zero-order valence-corrected chi connectivity index (χ0v) is 15.0. The van der Waals surface area contributed by atoms with Gasteiger partial charge in [0.2, 0.25) is 5.91 Å². The van der Waals surface area contributed by atoms with Crippen LogP contribution in [0, 0.1) is 5.82 Å². The molecule has 27 heavy (non-hydrogen) atoms. The number of rotatable bonds is 6. The molecule has 144 valence electrons. The lowest BCUT2D eigenvalue weighted by Crippen LogP contribution is -2.48. The molecule has 0 bridgehead atoms. The van der Waals surface area contributed by atoms with Gasteiger partial charge in [0, 0.05) is 39.6 Å². The van der Waals surface area contributed by atoms with E-state index in [4.69, 9.17) is 0 Å². The van der Waals surface area contributed by atoms with Gasteiger partial charge in [-0.25, -0.2) is 4.39 Å². The minimum absolute atomic E-state index is 0.0157. The first-order chi connectivity index (χ1) is 13.0. The number of carbonyl (C=O) groups is 4. The molecule has 0 saturated carbocycles. The van der Waals surface area contributed by atoms with Crippen molar-refractivity contribution in [2.75, 3.05) is 38.1 Å². The molecule has 0 spiro atoms. The summed E-state index contributed by atoms with van der Waals surface area (Å²) in [7, 11) is 1.39. The minimum Gasteiger partial charge on any atom is -0.367 e. The van der Waals surface area contributed by atoms with Gasteiger partial charge in [0.1, 0.15) is 18.1 Å².